The summed E-state index contributed by atoms with van der Waals surface area (Å²) in [5.74, 6) is 1.17. The summed E-state index contributed by atoms with van der Waals surface area (Å²) in [6.45, 7) is 4.19. The van der Waals surface area contributed by atoms with Crippen molar-refractivity contribution < 1.29 is 9.13 Å². The molecule has 124 valence electrons. The van der Waals surface area contributed by atoms with Crippen molar-refractivity contribution >= 4 is 6.08 Å². The molecule has 0 unspecified atom stereocenters. The second-order valence-electron chi connectivity index (χ2n) is 6.33. The third-order valence-electron chi connectivity index (χ3n) is 4.56. The third-order valence-corrected chi connectivity index (χ3v) is 4.56. The lowest BCUT2D eigenvalue weighted by Crippen LogP contribution is -2.50. The van der Waals surface area contributed by atoms with Gasteiger partial charge in [-0.2, -0.15) is 0 Å². The Morgan fingerprint density at radius 2 is 2.08 bits per heavy atom. The summed E-state index contributed by atoms with van der Waals surface area (Å²) >= 11 is 0. The zero-order valence-corrected chi connectivity index (χ0v) is 13.5. The molecule has 1 fully saturated rings. The Bertz CT molecular complexity index is 807. The second kappa shape index (κ2) is 5.83. The lowest BCUT2D eigenvalue weighted by molar-refractivity contribution is 0.142. The van der Waals surface area contributed by atoms with Gasteiger partial charge in [0.15, 0.2) is 0 Å². The minimum atomic E-state index is -0.218. The zero-order chi connectivity index (χ0) is 16.7. The summed E-state index contributed by atoms with van der Waals surface area (Å²) < 4.78 is 20.5. The van der Waals surface area contributed by atoms with Gasteiger partial charge in [-0.25, -0.2) is 4.39 Å². The molecule has 0 amide bonds. The van der Waals surface area contributed by atoms with Crippen molar-refractivity contribution in [3.05, 3.63) is 58.7 Å². The number of aryl methyl sites for hydroxylation is 1. The molecule has 4 nitrogen and oxygen atoms in total. The summed E-state index contributed by atoms with van der Waals surface area (Å²) in [6.07, 6.45) is 2.04. The number of nitrogens with one attached hydrogen (secondary N) is 2. The molecule has 0 atom stereocenters. The first kappa shape index (κ1) is 15.0. The van der Waals surface area contributed by atoms with Gasteiger partial charge in [0, 0.05) is 30.8 Å². The fraction of sp³-hybridized carbons (Fsp3) is 0.263. The SMILES string of the molecule is Cc1cccc(F)c1-c1cc2c(c(OC3CNC3)c1)C=C(N)NC2. The Balaban J connectivity index is 1.85. The van der Waals surface area contributed by atoms with Gasteiger partial charge in [-0.3, -0.25) is 0 Å². The van der Waals surface area contributed by atoms with E-state index in [1.165, 1.54) is 6.07 Å². The highest BCUT2D eigenvalue weighted by atomic mass is 19.1. The van der Waals surface area contributed by atoms with Crippen LogP contribution >= 0.6 is 0 Å². The molecule has 2 heterocycles. The molecule has 2 aromatic rings. The number of hydrogen-bond donors (Lipinski definition) is 3. The van der Waals surface area contributed by atoms with Gasteiger partial charge in [0.05, 0.1) is 5.82 Å². The molecule has 1 saturated heterocycles. The quantitative estimate of drug-likeness (QED) is 0.811. The van der Waals surface area contributed by atoms with Crippen molar-refractivity contribution in [2.45, 2.75) is 19.6 Å². The minimum Gasteiger partial charge on any atom is -0.487 e. The molecular weight excluding hydrogens is 305 g/mol. The Labute approximate surface area is 140 Å². The van der Waals surface area contributed by atoms with E-state index >= 15 is 0 Å². The van der Waals surface area contributed by atoms with E-state index in [2.05, 4.69) is 10.6 Å². The molecule has 4 rings (SSSR count). The smallest absolute Gasteiger partial charge is 0.131 e. The normalized spacial score (nSPS) is 16.7. The maximum absolute atomic E-state index is 14.4. The van der Waals surface area contributed by atoms with Gasteiger partial charge >= 0.3 is 0 Å². The zero-order valence-electron chi connectivity index (χ0n) is 13.5. The lowest BCUT2D eigenvalue weighted by Gasteiger charge is -2.30. The Kier molecular flexibility index (Phi) is 3.65. The number of benzene rings is 2. The van der Waals surface area contributed by atoms with E-state index in [0.717, 1.165) is 41.1 Å². The Hall–Kier alpha value is -2.53. The number of halogens is 1. The van der Waals surface area contributed by atoms with Crippen LogP contribution in [0, 0.1) is 12.7 Å². The van der Waals surface area contributed by atoms with Crippen molar-refractivity contribution in [2.75, 3.05) is 13.1 Å². The summed E-state index contributed by atoms with van der Waals surface area (Å²) in [5.41, 5.74) is 10.3. The average molecular weight is 325 g/mol. The molecule has 0 aliphatic carbocycles. The van der Waals surface area contributed by atoms with Gasteiger partial charge in [0.2, 0.25) is 0 Å². The molecule has 5 heteroatoms. The number of nitrogens with two attached hydrogens (primary N) is 1. The van der Waals surface area contributed by atoms with E-state index in [1.807, 2.05) is 31.2 Å². The molecule has 24 heavy (non-hydrogen) atoms. The topological polar surface area (TPSA) is 59.3 Å². The molecule has 0 spiro atoms. The fourth-order valence-electron chi connectivity index (χ4n) is 3.16. The van der Waals surface area contributed by atoms with Crippen molar-refractivity contribution in [2.24, 2.45) is 5.73 Å². The largest absolute Gasteiger partial charge is 0.487 e. The molecule has 4 N–H and O–H groups in total. The Morgan fingerprint density at radius 1 is 1.25 bits per heavy atom. The van der Waals surface area contributed by atoms with Gasteiger partial charge in [0.25, 0.3) is 0 Å². The average Bonchev–Trinajstić information content (AvgIpc) is 2.51. The highest BCUT2D eigenvalue weighted by Crippen LogP contribution is 2.36. The monoisotopic (exact) mass is 325 g/mol. The van der Waals surface area contributed by atoms with Crippen LogP contribution in [0.5, 0.6) is 5.75 Å². The van der Waals surface area contributed by atoms with E-state index in [4.69, 9.17) is 10.5 Å². The molecule has 2 aliphatic rings. The van der Waals surface area contributed by atoms with Crippen LogP contribution in [0.3, 0.4) is 0 Å². The van der Waals surface area contributed by atoms with Crippen LogP contribution in [0.15, 0.2) is 36.2 Å². The van der Waals surface area contributed by atoms with Gasteiger partial charge in [0.1, 0.15) is 17.7 Å². The molecule has 0 saturated carbocycles. The van der Waals surface area contributed by atoms with E-state index in [-0.39, 0.29) is 11.9 Å². The minimum absolute atomic E-state index is 0.149. The number of rotatable bonds is 3. The van der Waals surface area contributed by atoms with E-state index in [0.29, 0.717) is 17.9 Å². The molecule has 2 aromatic carbocycles. The van der Waals surface area contributed by atoms with Crippen LogP contribution < -0.4 is 21.1 Å². The first-order valence-electron chi connectivity index (χ1n) is 8.12. The molecule has 0 radical (unpaired) electrons. The summed E-state index contributed by atoms with van der Waals surface area (Å²) in [6, 6.07) is 9.09. The van der Waals surface area contributed by atoms with Gasteiger partial charge in [-0.1, -0.05) is 12.1 Å². The van der Waals surface area contributed by atoms with E-state index in [1.54, 1.807) is 6.07 Å². The first-order chi connectivity index (χ1) is 11.6. The predicted octanol–water partition coefficient (Wildman–Crippen LogP) is 2.51. The molecule has 0 bridgehead atoms. The first-order valence-corrected chi connectivity index (χ1v) is 8.12. The fourth-order valence-corrected chi connectivity index (χ4v) is 3.16. The summed E-state index contributed by atoms with van der Waals surface area (Å²) in [7, 11) is 0. The van der Waals surface area contributed by atoms with Crippen molar-refractivity contribution in [1.29, 1.82) is 0 Å². The maximum Gasteiger partial charge on any atom is 0.131 e. The van der Waals surface area contributed by atoms with Crippen LogP contribution in [-0.2, 0) is 6.54 Å². The second-order valence-corrected chi connectivity index (χ2v) is 6.33. The molecular formula is C19H20FN3O. The van der Waals surface area contributed by atoms with Crippen LogP contribution in [0.2, 0.25) is 0 Å². The van der Waals surface area contributed by atoms with Crippen molar-refractivity contribution in [3.8, 4) is 16.9 Å². The van der Waals surface area contributed by atoms with Gasteiger partial charge in [-0.05, 0) is 47.9 Å². The highest BCUT2D eigenvalue weighted by molar-refractivity contribution is 5.75. The summed E-state index contributed by atoms with van der Waals surface area (Å²) in [5, 5.41) is 6.33. The van der Waals surface area contributed by atoms with Crippen molar-refractivity contribution in [3.63, 3.8) is 0 Å². The van der Waals surface area contributed by atoms with Crippen molar-refractivity contribution in [1.82, 2.24) is 10.6 Å². The van der Waals surface area contributed by atoms with E-state index < -0.39 is 0 Å². The Morgan fingerprint density at radius 3 is 2.79 bits per heavy atom. The van der Waals surface area contributed by atoms with Crippen LogP contribution in [-0.4, -0.2) is 19.2 Å². The highest BCUT2D eigenvalue weighted by Gasteiger charge is 2.23. The number of ether oxygens (including phenoxy) is 1. The van der Waals surface area contributed by atoms with E-state index in [9.17, 15) is 4.39 Å². The van der Waals surface area contributed by atoms with Crippen LogP contribution in [0.1, 0.15) is 16.7 Å². The summed E-state index contributed by atoms with van der Waals surface area (Å²) in [4.78, 5) is 0. The van der Waals surface area contributed by atoms with Crippen LogP contribution in [0.4, 0.5) is 4.39 Å². The predicted molar refractivity (Wildman–Crippen MR) is 92.9 cm³/mol. The van der Waals surface area contributed by atoms with Gasteiger partial charge < -0.3 is 21.1 Å². The number of fused-ring (bicyclic) bond motifs is 1. The molecule has 0 aromatic heterocycles. The number of hydrogen-bond acceptors (Lipinski definition) is 4. The standard InChI is InChI=1S/C19H20FN3O/c1-11-3-2-4-16(20)19(11)12-5-13-8-23-18(21)7-15(13)17(6-12)24-14-9-22-10-14/h2-7,14,22-23H,8-10,21H2,1H3. The molecule has 2 aliphatic heterocycles. The lowest BCUT2D eigenvalue weighted by atomic mass is 9.93. The van der Waals surface area contributed by atoms with Crippen LogP contribution in [0.25, 0.3) is 17.2 Å². The van der Waals surface area contributed by atoms with Gasteiger partial charge in [-0.15, -0.1) is 0 Å². The third kappa shape index (κ3) is 2.61. The maximum atomic E-state index is 14.4.